The Morgan fingerprint density at radius 3 is 2.08 bits per heavy atom. The summed E-state index contributed by atoms with van der Waals surface area (Å²) in [6.45, 7) is 1.93. The highest BCUT2D eigenvalue weighted by atomic mass is 14.3. The van der Waals surface area contributed by atoms with E-state index in [1.54, 1.807) is 0 Å². The molecule has 2 nitrogen and oxygen atoms in total. The standard InChI is InChI=1S/C11H14N2/c1-9(11(7-12)8-13)10-5-3-2-4-6-10/h10H,2-6H2,1H3. The zero-order valence-corrected chi connectivity index (χ0v) is 8.01. The maximum Gasteiger partial charge on any atom is 0.128 e. The summed E-state index contributed by atoms with van der Waals surface area (Å²) in [5.41, 5.74) is 1.33. The Labute approximate surface area is 79.5 Å². The molecule has 0 atom stereocenters. The minimum absolute atomic E-state index is 0.326. The summed E-state index contributed by atoms with van der Waals surface area (Å²) < 4.78 is 0. The molecule has 0 aliphatic heterocycles. The fraction of sp³-hybridized carbons (Fsp3) is 0.636. The van der Waals surface area contributed by atoms with Crippen LogP contribution >= 0.6 is 0 Å². The van der Waals surface area contributed by atoms with E-state index in [1.807, 2.05) is 19.1 Å². The first kappa shape index (κ1) is 9.81. The normalized spacial score (nSPS) is 17.2. The SMILES string of the molecule is CC(=C(C#N)C#N)C1CCCCC1. The number of nitriles is 2. The van der Waals surface area contributed by atoms with Gasteiger partial charge in [0.05, 0.1) is 0 Å². The van der Waals surface area contributed by atoms with Crippen LogP contribution in [0.4, 0.5) is 0 Å². The quantitative estimate of drug-likeness (QED) is 0.574. The van der Waals surface area contributed by atoms with Crippen LogP contribution in [0.5, 0.6) is 0 Å². The second-order valence-electron chi connectivity index (χ2n) is 3.62. The van der Waals surface area contributed by atoms with E-state index in [9.17, 15) is 0 Å². The largest absolute Gasteiger partial charge is 0.192 e. The zero-order valence-electron chi connectivity index (χ0n) is 8.01. The van der Waals surface area contributed by atoms with Gasteiger partial charge in [-0.05, 0) is 31.3 Å². The van der Waals surface area contributed by atoms with Crippen LogP contribution in [0.25, 0.3) is 0 Å². The van der Waals surface area contributed by atoms with Gasteiger partial charge in [-0.3, -0.25) is 0 Å². The van der Waals surface area contributed by atoms with Crippen LogP contribution in [0.1, 0.15) is 39.0 Å². The smallest absolute Gasteiger partial charge is 0.128 e. The Morgan fingerprint density at radius 2 is 1.62 bits per heavy atom. The summed E-state index contributed by atoms with van der Waals surface area (Å²) >= 11 is 0. The zero-order chi connectivity index (χ0) is 9.68. The van der Waals surface area contributed by atoms with Gasteiger partial charge in [-0.2, -0.15) is 10.5 Å². The van der Waals surface area contributed by atoms with Crippen molar-refractivity contribution in [1.29, 1.82) is 10.5 Å². The Bertz CT molecular complexity index is 266. The molecule has 0 unspecified atom stereocenters. The van der Waals surface area contributed by atoms with Gasteiger partial charge in [-0.1, -0.05) is 19.3 Å². The van der Waals surface area contributed by atoms with Crippen molar-refractivity contribution in [3.8, 4) is 12.1 Å². The lowest BCUT2D eigenvalue weighted by Gasteiger charge is -2.22. The molecular formula is C11H14N2. The molecule has 0 bridgehead atoms. The van der Waals surface area contributed by atoms with Crippen LogP contribution in [-0.4, -0.2) is 0 Å². The van der Waals surface area contributed by atoms with Crippen LogP contribution in [0.3, 0.4) is 0 Å². The molecular weight excluding hydrogens is 160 g/mol. The van der Waals surface area contributed by atoms with Crippen molar-refractivity contribution in [3.05, 3.63) is 11.1 Å². The minimum atomic E-state index is 0.326. The van der Waals surface area contributed by atoms with E-state index in [0.717, 1.165) is 18.4 Å². The molecule has 1 aliphatic rings. The molecule has 2 heteroatoms. The Balaban J connectivity index is 2.76. The number of hydrogen-bond donors (Lipinski definition) is 0. The third kappa shape index (κ3) is 2.33. The predicted molar refractivity (Wildman–Crippen MR) is 50.5 cm³/mol. The van der Waals surface area contributed by atoms with Crippen molar-refractivity contribution in [2.75, 3.05) is 0 Å². The van der Waals surface area contributed by atoms with Gasteiger partial charge in [0.2, 0.25) is 0 Å². The maximum atomic E-state index is 8.70. The first-order chi connectivity index (χ1) is 6.29. The first-order valence-electron chi connectivity index (χ1n) is 4.80. The molecule has 0 aromatic carbocycles. The Morgan fingerprint density at radius 1 is 1.08 bits per heavy atom. The average molecular weight is 174 g/mol. The Hall–Kier alpha value is -1.28. The third-order valence-corrected chi connectivity index (χ3v) is 2.84. The monoisotopic (exact) mass is 174 g/mol. The van der Waals surface area contributed by atoms with Crippen molar-refractivity contribution in [2.45, 2.75) is 39.0 Å². The molecule has 13 heavy (non-hydrogen) atoms. The molecule has 0 N–H and O–H groups in total. The lowest BCUT2D eigenvalue weighted by Crippen LogP contribution is -2.08. The summed E-state index contributed by atoms with van der Waals surface area (Å²) in [6.07, 6.45) is 6.09. The van der Waals surface area contributed by atoms with E-state index in [1.165, 1.54) is 19.3 Å². The van der Waals surface area contributed by atoms with Crippen LogP contribution in [0.2, 0.25) is 0 Å². The average Bonchev–Trinajstić information content (AvgIpc) is 2.21. The molecule has 1 saturated carbocycles. The first-order valence-corrected chi connectivity index (χ1v) is 4.80. The third-order valence-electron chi connectivity index (χ3n) is 2.84. The van der Waals surface area contributed by atoms with Crippen molar-refractivity contribution in [1.82, 2.24) is 0 Å². The predicted octanol–water partition coefficient (Wildman–Crippen LogP) is 2.93. The molecule has 1 aliphatic carbocycles. The van der Waals surface area contributed by atoms with Crippen LogP contribution in [0.15, 0.2) is 11.1 Å². The Kier molecular flexibility index (Phi) is 3.53. The molecule has 0 saturated heterocycles. The molecule has 0 heterocycles. The van der Waals surface area contributed by atoms with Gasteiger partial charge in [0.15, 0.2) is 0 Å². The van der Waals surface area contributed by atoms with Crippen LogP contribution < -0.4 is 0 Å². The lowest BCUT2D eigenvalue weighted by molar-refractivity contribution is 0.402. The van der Waals surface area contributed by atoms with Gasteiger partial charge in [-0.25, -0.2) is 0 Å². The van der Waals surface area contributed by atoms with Gasteiger partial charge < -0.3 is 0 Å². The second-order valence-corrected chi connectivity index (χ2v) is 3.62. The number of hydrogen-bond acceptors (Lipinski definition) is 2. The van der Waals surface area contributed by atoms with E-state index < -0.39 is 0 Å². The summed E-state index contributed by atoms with van der Waals surface area (Å²) in [5, 5.41) is 17.4. The molecule has 68 valence electrons. The van der Waals surface area contributed by atoms with Crippen molar-refractivity contribution < 1.29 is 0 Å². The lowest BCUT2D eigenvalue weighted by atomic mass is 9.83. The van der Waals surface area contributed by atoms with E-state index in [2.05, 4.69) is 0 Å². The molecule has 0 aromatic rings. The van der Waals surface area contributed by atoms with Gasteiger partial charge in [0.1, 0.15) is 17.7 Å². The van der Waals surface area contributed by atoms with Crippen LogP contribution in [-0.2, 0) is 0 Å². The van der Waals surface area contributed by atoms with Gasteiger partial charge in [-0.15, -0.1) is 0 Å². The molecule has 0 amide bonds. The topological polar surface area (TPSA) is 47.6 Å². The highest BCUT2D eigenvalue weighted by Gasteiger charge is 2.17. The van der Waals surface area contributed by atoms with Crippen LogP contribution in [0, 0.1) is 28.6 Å². The molecule has 1 rings (SSSR count). The summed E-state index contributed by atoms with van der Waals surface area (Å²) in [6, 6.07) is 3.93. The van der Waals surface area contributed by atoms with Crippen molar-refractivity contribution >= 4 is 0 Å². The molecule has 0 radical (unpaired) electrons. The number of nitrogens with zero attached hydrogens (tertiary/aromatic N) is 2. The van der Waals surface area contributed by atoms with Crippen molar-refractivity contribution in [3.63, 3.8) is 0 Å². The molecule has 0 spiro atoms. The van der Waals surface area contributed by atoms with E-state index >= 15 is 0 Å². The summed E-state index contributed by atoms with van der Waals surface area (Å²) in [5.74, 6) is 0.489. The number of allylic oxidation sites excluding steroid dienone is 2. The minimum Gasteiger partial charge on any atom is -0.192 e. The van der Waals surface area contributed by atoms with Gasteiger partial charge >= 0.3 is 0 Å². The second kappa shape index (κ2) is 4.67. The van der Waals surface area contributed by atoms with E-state index in [-0.39, 0.29) is 0 Å². The van der Waals surface area contributed by atoms with Crippen molar-refractivity contribution in [2.24, 2.45) is 5.92 Å². The number of rotatable bonds is 1. The van der Waals surface area contributed by atoms with E-state index in [4.69, 9.17) is 10.5 Å². The summed E-state index contributed by atoms with van der Waals surface area (Å²) in [7, 11) is 0. The van der Waals surface area contributed by atoms with E-state index in [0.29, 0.717) is 11.5 Å². The molecule has 0 aromatic heterocycles. The maximum absolute atomic E-state index is 8.70. The van der Waals surface area contributed by atoms with Gasteiger partial charge in [0.25, 0.3) is 0 Å². The highest BCUT2D eigenvalue weighted by Crippen LogP contribution is 2.30. The fourth-order valence-corrected chi connectivity index (χ4v) is 1.94. The summed E-state index contributed by atoms with van der Waals surface area (Å²) in [4.78, 5) is 0. The highest BCUT2D eigenvalue weighted by molar-refractivity contribution is 5.40. The van der Waals surface area contributed by atoms with Gasteiger partial charge in [0, 0.05) is 0 Å². The molecule has 1 fully saturated rings. The fourth-order valence-electron chi connectivity index (χ4n) is 1.94.